The van der Waals surface area contributed by atoms with Crippen LogP contribution in [0.4, 0.5) is 5.69 Å². The number of carbonyl (C=O) groups is 1. The van der Waals surface area contributed by atoms with Crippen LogP contribution in [0.3, 0.4) is 0 Å². The molecule has 0 radical (unpaired) electrons. The van der Waals surface area contributed by atoms with Crippen molar-refractivity contribution in [2.24, 2.45) is 0 Å². The molecule has 2 aromatic rings. The number of nitrogens with zero attached hydrogens (tertiary/aromatic N) is 2. The fourth-order valence-electron chi connectivity index (χ4n) is 1.48. The van der Waals surface area contributed by atoms with Crippen LogP contribution >= 0.6 is 23.4 Å². The Bertz CT molecular complexity index is 601. The van der Waals surface area contributed by atoms with Gasteiger partial charge in [0.2, 0.25) is 0 Å². The second-order valence-corrected chi connectivity index (χ2v) is 5.05. The second-order valence-electron chi connectivity index (χ2n) is 3.84. The molecular formula is C13H12ClN3OS. The first-order chi connectivity index (χ1) is 9.08. The highest BCUT2D eigenvalue weighted by Gasteiger charge is 2.10. The number of carbonyl (C=O) groups excluding carboxylic acids is 1. The maximum atomic E-state index is 12.1. The Balaban J connectivity index is 2.20. The van der Waals surface area contributed by atoms with E-state index in [4.69, 9.17) is 11.6 Å². The largest absolute Gasteiger partial charge is 0.321 e. The summed E-state index contributed by atoms with van der Waals surface area (Å²) in [5.41, 5.74) is 1.80. The molecule has 1 aromatic heterocycles. The third-order valence-corrected chi connectivity index (χ3v) is 3.15. The lowest BCUT2D eigenvalue weighted by molar-refractivity contribution is 0.102. The quantitative estimate of drug-likeness (QED) is 0.696. The monoisotopic (exact) mass is 293 g/mol. The summed E-state index contributed by atoms with van der Waals surface area (Å²) in [5.74, 6) is -0.261. The molecule has 0 bridgehead atoms. The van der Waals surface area contributed by atoms with E-state index in [1.54, 1.807) is 30.3 Å². The van der Waals surface area contributed by atoms with Crippen molar-refractivity contribution in [3.8, 4) is 0 Å². The third kappa shape index (κ3) is 3.68. The van der Waals surface area contributed by atoms with E-state index in [-0.39, 0.29) is 5.91 Å². The molecule has 1 aromatic carbocycles. The molecule has 2 rings (SSSR count). The number of benzene rings is 1. The van der Waals surface area contributed by atoms with Crippen LogP contribution in [0, 0.1) is 6.92 Å². The maximum Gasteiger partial charge on any atom is 0.274 e. The van der Waals surface area contributed by atoms with Gasteiger partial charge >= 0.3 is 0 Å². The molecule has 0 aliphatic carbocycles. The van der Waals surface area contributed by atoms with Gasteiger partial charge in [0.05, 0.1) is 0 Å². The number of hydrogen-bond donors (Lipinski definition) is 1. The molecule has 4 nitrogen and oxygen atoms in total. The predicted molar refractivity (Wildman–Crippen MR) is 78.0 cm³/mol. The van der Waals surface area contributed by atoms with Crippen LogP contribution in [0.2, 0.25) is 5.02 Å². The zero-order valence-electron chi connectivity index (χ0n) is 10.5. The number of amides is 1. The molecule has 0 fully saturated rings. The van der Waals surface area contributed by atoms with E-state index in [1.807, 2.05) is 13.2 Å². The van der Waals surface area contributed by atoms with Crippen molar-refractivity contribution < 1.29 is 4.79 Å². The highest BCUT2D eigenvalue weighted by atomic mass is 35.5. The molecule has 1 amide bonds. The molecule has 0 unspecified atom stereocenters. The zero-order valence-corrected chi connectivity index (χ0v) is 12.0. The van der Waals surface area contributed by atoms with Crippen molar-refractivity contribution in [3.63, 3.8) is 0 Å². The molecule has 0 saturated carbocycles. The second kappa shape index (κ2) is 6.04. The van der Waals surface area contributed by atoms with Crippen molar-refractivity contribution in [1.82, 2.24) is 9.97 Å². The minimum absolute atomic E-state index is 0.261. The van der Waals surface area contributed by atoms with E-state index in [0.717, 1.165) is 5.69 Å². The smallest absolute Gasteiger partial charge is 0.274 e. The molecule has 0 atom stereocenters. The first-order valence-electron chi connectivity index (χ1n) is 5.55. The molecular weight excluding hydrogens is 282 g/mol. The van der Waals surface area contributed by atoms with Crippen LogP contribution in [-0.2, 0) is 0 Å². The maximum absolute atomic E-state index is 12.1. The predicted octanol–water partition coefficient (Wildman–Crippen LogP) is 3.41. The van der Waals surface area contributed by atoms with Crippen molar-refractivity contribution >= 4 is 35.0 Å². The molecule has 1 N–H and O–H groups in total. The fourth-order valence-corrected chi connectivity index (χ4v) is 2.03. The van der Waals surface area contributed by atoms with E-state index < -0.39 is 0 Å². The average Bonchev–Trinajstić information content (AvgIpc) is 2.40. The van der Waals surface area contributed by atoms with Gasteiger partial charge in [0.15, 0.2) is 5.16 Å². The summed E-state index contributed by atoms with van der Waals surface area (Å²) in [7, 11) is 0. The van der Waals surface area contributed by atoms with E-state index in [1.165, 1.54) is 11.8 Å². The Morgan fingerprint density at radius 2 is 1.95 bits per heavy atom. The molecule has 0 aliphatic heterocycles. The van der Waals surface area contributed by atoms with Crippen molar-refractivity contribution in [1.29, 1.82) is 0 Å². The first-order valence-corrected chi connectivity index (χ1v) is 7.15. The van der Waals surface area contributed by atoms with E-state index >= 15 is 0 Å². The molecule has 98 valence electrons. The average molecular weight is 294 g/mol. The van der Waals surface area contributed by atoms with Gasteiger partial charge in [0.25, 0.3) is 5.91 Å². The van der Waals surface area contributed by atoms with E-state index in [9.17, 15) is 4.79 Å². The van der Waals surface area contributed by atoms with Gasteiger partial charge in [-0.1, -0.05) is 23.4 Å². The van der Waals surface area contributed by atoms with Crippen LogP contribution in [-0.4, -0.2) is 22.1 Å². The van der Waals surface area contributed by atoms with Gasteiger partial charge < -0.3 is 5.32 Å². The highest BCUT2D eigenvalue weighted by Crippen LogP contribution is 2.15. The van der Waals surface area contributed by atoms with Crippen molar-refractivity contribution in [2.45, 2.75) is 12.1 Å². The minimum atomic E-state index is -0.261. The zero-order chi connectivity index (χ0) is 13.8. The summed E-state index contributed by atoms with van der Waals surface area (Å²) in [5, 5.41) is 3.98. The number of halogens is 1. The van der Waals surface area contributed by atoms with Gasteiger partial charge in [-0.05, 0) is 43.5 Å². The summed E-state index contributed by atoms with van der Waals surface area (Å²) in [6, 6.07) is 8.57. The number of thioether (sulfide) groups is 1. The Kier molecular flexibility index (Phi) is 4.39. The normalized spacial score (nSPS) is 10.3. The standard InChI is InChI=1S/C13H12ClN3OS/c1-8-7-11(17-13(15-8)19-2)12(18)16-10-5-3-9(14)4-6-10/h3-7H,1-2H3,(H,16,18). The van der Waals surface area contributed by atoms with Crippen LogP contribution in [0.15, 0.2) is 35.5 Å². The van der Waals surface area contributed by atoms with Gasteiger partial charge in [-0.25, -0.2) is 9.97 Å². The SMILES string of the molecule is CSc1nc(C)cc(C(=O)Nc2ccc(Cl)cc2)n1. The third-order valence-electron chi connectivity index (χ3n) is 2.35. The van der Waals surface area contributed by atoms with Crippen molar-refractivity contribution in [3.05, 3.63) is 46.7 Å². The minimum Gasteiger partial charge on any atom is -0.321 e. The first kappa shape index (κ1) is 13.8. The number of rotatable bonds is 3. The Morgan fingerprint density at radius 1 is 1.26 bits per heavy atom. The molecule has 0 spiro atoms. The lowest BCUT2D eigenvalue weighted by Crippen LogP contribution is -2.14. The van der Waals surface area contributed by atoms with E-state index in [0.29, 0.717) is 21.6 Å². The van der Waals surface area contributed by atoms with Gasteiger partial charge in [-0.3, -0.25) is 4.79 Å². The van der Waals surface area contributed by atoms with Crippen LogP contribution < -0.4 is 5.32 Å². The summed E-state index contributed by atoms with van der Waals surface area (Å²) in [4.78, 5) is 20.5. The Morgan fingerprint density at radius 3 is 2.58 bits per heavy atom. The lowest BCUT2D eigenvalue weighted by atomic mass is 10.3. The van der Waals surface area contributed by atoms with Crippen LogP contribution in [0.25, 0.3) is 0 Å². The van der Waals surface area contributed by atoms with Gasteiger partial charge in [-0.2, -0.15) is 0 Å². The number of nitrogens with one attached hydrogen (secondary N) is 1. The van der Waals surface area contributed by atoms with Crippen LogP contribution in [0.1, 0.15) is 16.2 Å². The number of aromatic nitrogens is 2. The molecule has 1 heterocycles. The van der Waals surface area contributed by atoms with Gasteiger partial charge in [-0.15, -0.1) is 0 Å². The molecule has 6 heteroatoms. The van der Waals surface area contributed by atoms with E-state index in [2.05, 4.69) is 15.3 Å². The highest BCUT2D eigenvalue weighted by molar-refractivity contribution is 7.98. The van der Waals surface area contributed by atoms with Crippen molar-refractivity contribution in [2.75, 3.05) is 11.6 Å². The number of anilines is 1. The molecule has 0 saturated heterocycles. The number of aryl methyl sites for hydroxylation is 1. The summed E-state index contributed by atoms with van der Waals surface area (Å²) in [6.45, 7) is 1.83. The fraction of sp³-hybridized carbons (Fsp3) is 0.154. The van der Waals surface area contributed by atoms with Gasteiger partial charge in [0, 0.05) is 16.4 Å². The molecule has 0 aliphatic rings. The van der Waals surface area contributed by atoms with Crippen LogP contribution in [0.5, 0.6) is 0 Å². The lowest BCUT2D eigenvalue weighted by Gasteiger charge is -2.06. The Hall–Kier alpha value is -1.59. The summed E-state index contributed by atoms with van der Waals surface area (Å²) in [6.07, 6.45) is 1.87. The summed E-state index contributed by atoms with van der Waals surface area (Å²) < 4.78 is 0. The molecule has 19 heavy (non-hydrogen) atoms. The summed E-state index contributed by atoms with van der Waals surface area (Å²) >= 11 is 7.19. The Labute approximate surface area is 120 Å². The number of hydrogen-bond acceptors (Lipinski definition) is 4. The van der Waals surface area contributed by atoms with Gasteiger partial charge in [0.1, 0.15) is 5.69 Å². The topological polar surface area (TPSA) is 54.9 Å².